The Morgan fingerprint density at radius 2 is 2.23 bits per heavy atom. The summed E-state index contributed by atoms with van der Waals surface area (Å²) in [4.78, 5) is 4.18. The van der Waals surface area contributed by atoms with E-state index >= 15 is 0 Å². The number of nitrogens with one attached hydrogen (secondary N) is 1. The minimum Gasteiger partial charge on any atom is -0.444 e. The van der Waals surface area contributed by atoms with Crippen LogP contribution in [0.2, 0.25) is 0 Å². The van der Waals surface area contributed by atoms with Gasteiger partial charge in [0.2, 0.25) is 0 Å². The van der Waals surface area contributed by atoms with Crippen LogP contribution in [0.1, 0.15) is 23.8 Å². The first-order chi connectivity index (χ1) is 6.24. The summed E-state index contributed by atoms with van der Waals surface area (Å²) < 4.78 is 5.39. The molecule has 0 unspecified atom stereocenters. The van der Waals surface area contributed by atoms with Crippen molar-refractivity contribution in [3.05, 3.63) is 17.3 Å². The third-order valence-corrected chi connectivity index (χ3v) is 1.84. The van der Waals surface area contributed by atoms with Crippen molar-refractivity contribution in [1.82, 2.24) is 10.3 Å². The van der Waals surface area contributed by atoms with E-state index in [1.807, 2.05) is 13.8 Å². The molecule has 4 heteroatoms. The number of hydrogen-bond donors (Lipinski definition) is 2. The third-order valence-electron chi connectivity index (χ3n) is 1.84. The number of nitrogens with zero attached hydrogens (tertiary/aromatic N) is 1. The van der Waals surface area contributed by atoms with Crippen LogP contribution in [0, 0.1) is 13.8 Å². The summed E-state index contributed by atoms with van der Waals surface area (Å²) in [6, 6.07) is 0. The molecule has 0 fully saturated rings. The van der Waals surface area contributed by atoms with E-state index in [0.717, 1.165) is 43.4 Å². The summed E-state index contributed by atoms with van der Waals surface area (Å²) in [6.07, 6.45) is 0.992. The fourth-order valence-corrected chi connectivity index (χ4v) is 1.17. The lowest BCUT2D eigenvalue weighted by Crippen LogP contribution is -2.17. The molecule has 0 saturated heterocycles. The first kappa shape index (κ1) is 10.2. The standard InChI is InChI=1S/C9H17N3O/c1-7-9(13-8(2)12-7)6-11-5-3-4-10/h11H,3-6,10H2,1-2H3. The van der Waals surface area contributed by atoms with Gasteiger partial charge in [0, 0.05) is 6.92 Å². The van der Waals surface area contributed by atoms with E-state index in [4.69, 9.17) is 10.2 Å². The summed E-state index contributed by atoms with van der Waals surface area (Å²) in [6.45, 7) is 6.20. The van der Waals surface area contributed by atoms with Crippen LogP contribution in [0.5, 0.6) is 0 Å². The molecule has 0 aliphatic carbocycles. The van der Waals surface area contributed by atoms with Crippen LogP contribution < -0.4 is 11.1 Å². The molecule has 1 aromatic heterocycles. The molecule has 0 saturated carbocycles. The monoisotopic (exact) mass is 183 g/mol. The molecule has 4 nitrogen and oxygen atoms in total. The summed E-state index contributed by atoms with van der Waals surface area (Å²) in [5.74, 6) is 1.66. The van der Waals surface area contributed by atoms with Gasteiger partial charge in [-0.3, -0.25) is 0 Å². The molecule has 0 aliphatic rings. The van der Waals surface area contributed by atoms with E-state index in [1.54, 1.807) is 0 Å². The van der Waals surface area contributed by atoms with Gasteiger partial charge in [-0.15, -0.1) is 0 Å². The van der Waals surface area contributed by atoms with Gasteiger partial charge >= 0.3 is 0 Å². The highest BCUT2D eigenvalue weighted by Crippen LogP contribution is 2.08. The topological polar surface area (TPSA) is 64.1 Å². The maximum absolute atomic E-state index is 5.39. The van der Waals surface area contributed by atoms with Crippen molar-refractivity contribution in [3.63, 3.8) is 0 Å². The molecule has 0 amide bonds. The highest BCUT2D eigenvalue weighted by atomic mass is 16.4. The Bertz CT molecular complexity index is 257. The molecular weight excluding hydrogens is 166 g/mol. The second-order valence-electron chi connectivity index (χ2n) is 3.06. The fourth-order valence-electron chi connectivity index (χ4n) is 1.17. The summed E-state index contributed by atoms with van der Waals surface area (Å²) in [5, 5.41) is 3.24. The summed E-state index contributed by atoms with van der Waals surface area (Å²) in [7, 11) is 0. The van der Waals surface area contributed by atoms with Gasteiger partial charge in [0.05, 0.1) is 12.2 Å². The van der Waals surface area contributed by atoms with Gasteiger partial charge in [-0.1, -0.05) is 0 Å². The normalized spacial score (nSPS) is 10.7. The van der Waals surface area contributed by atoms with Crippen LogP contribution >= 0.6 is 0 Å². The van der Waals surface area contributed by atoms with E-state index in [9.17, 15) is 0 Å². The first-order valence-electron chi connectivity index (χ1n) is 4.57. The van der Waals surface area contributed by atoms with Crippen LogP contribution in [0.15, 0.2) is 4.42 Å². The molecule has 0 spiro atoms. The molecule has 0 bridgehead atoms. The second-order valence-corrected chi connectivity index (χ2v) is 3.06. The van der Waals surface area contributed by atoms with Gasteiger partial charge in [0.25, 0.3) is 0 Å². The molecule has 13 heavy (non-hydrogen) atoms. The Balaban J connectivity index is 2.32. The Hall–Kier alpha value is -0.870. The minimum absolute atomic E-state index is 0.724. The lowest BCUT2D eigenvalue weighted by atomic mass is 10.3. The maximum atomic E-state index is 5.39. The van der Waals surface area contributed by atoms with Crippen molar-refractivity contribution in [1.29, 1.82) is 0 Å². The highest BCUT2D eigenvalue weighted by molar-refractivity contribution is 5.06. The van der Waals surface area contributed by atoms with Gasteiger partial charge in [0.1, 0.15) is 5.76 Å². The average molecular weight is 183 g/mol. The maximum Gasteiger partial charge on any atom is 0.191 e. The molecule has 0 aromatic carbocycles. The Morgan fingerprint density at radius 3 is 2.77 bits per heavy atom. The smallest absolute Gasteiger partial charge is 0.191 e. The molecule has 0 atom stereocenters. The van der Waals surface area contributed by atoms with Crippen molar-refractivity contribution in [2.24, 2.45) is 5.73 Å². The molecular formula is C9H17N3O. The number of hydrogen-bond acceptors (Lipinski definition) is 4. The van der Waals surface area contributed by atoms with Crippen molar-refractivity contribution in [2.45, 2.75) is 26.8 Å². The van der Waals surface area contributed by atoms with Crippen molar-refractivity contribution in [2.75, 3.05) is 13.1 Å². The van der Waals surface area contributed by atoms with Gasteiger partial charge in [0.15, 0.2) is 5.89 Å². The second kappa shape index (κ2) is 4.99. The van der Waals surface area contributed by atoms with E-state index in [-0.39, 0.29) is 0 Å². The Morgan fingerprint density at radius 1 is 1.46 bits per heavy atom. The zero-order chi connectivity index (χ0) is 9.68. The van der Waals surface area contributed by atoms with E-state index in [2.05, 4.69) is 10.3 Å². The van der Waals surface area contributed by atoms with Crippen molar-refractivity contribution < 1.29 is 4.42 Å². The van der Waals surface area contributed by atoms with E-state index in [0.29, 0.717) is 0 Å². The van der Waals surface area contributed by atoms with E-state index < -0.39 is 0 Å². The number of aromatic nitrogens is 1. The fraction of sp³-hybridized carbons (Fsp3) is 0.667. The summed E-state index contributed by atoms with van der Waals surface area (Å²) in [5.41, 5.74) is 6.34. The number of nitrogens with two attached hydrogens (primary N) is 1. The molecule has 1 heterocycles. The number of rotatable bonds is 5. The van der Waals surface area contributed by atoms with Gasteiger partial charge in [-0.05, 0) is 26.4 Å². The molecule has 0 radical (unpaired) electrons. The van der Waals surface area contributed by atoms with Crippen LogP contribution in [0.25, 0.3) is 0 Å². The van der Waals surface area contributed by atoms with Crippen molar-refractivity contribution >= 4 is 0 Å². The SMILES string of the molecule is Cc1nc(C)c(CNCCCN)o1. The molecule has 74 valence electrons. The predicted molar refractivity (Wildman–Crippen MR) is 51.4 cm³/mol. The Labute approximate surface area is 78.5 Å². The molecule has 1 rings (SSSR count). The van der Waals surface area contributed by atoms with E-state index in [1.165, 1.54) is 0 Å². The van der Waals surface area contributed by atoms with Crippen LogP contribution in [-0.2, 0) is 6.54 Å². The van der Waals surface area contributed by atoms with Crippen LogP contribution in [0.3, 0.4) is 0 Å². The van der Waals surface area contributed by atoms with Gasteiger partial charge in [-0.2, -0.15) is 0 Å². The largest absolute Gasteiger partial charge is 0.444 e. The highest BCUT2D eigenvalue weighted by Gasteiger charge is 2.04. The predicted octanol–water partition coefficient (Wildman–Crippen LogP) is 0.730. The lowest BCUT2D eigenvalue weighted by Gasteiger charge is -2.00. The minimum atomic E-state index is 0.724. The average Bonchev–Trinajstić information content (AvgIpc) is 2.39. The summed E-state index contributed by atoms with van der Waals surface area (Å²) >= 11 is 0. The zero-order valence-electron chi connectivity index (χ0n) is 8.26. The number of aryl methyl sites for hydroxylation is 2. The lowest BCUT2D eigenvalue weighted by molar-refractivity contribution is 0.453. The third kappa shape index (κ3) is 3.16. The van der Waals surface area contributed by atoms with Crippen molar-refractivity contribution in [3.8, 4) is 0 Å². The zero-order valence-corrected chi connectivity index (χ0v) is 8.26. The number of oxazole rings is 1. The van der Waals surface area contributed by atoms with Gasteiger partial charge < -0.3 is 15.5 Å². The first-order valence-corrected chi connectivity index (χ1v) is 4.57. The Kier molecular flexibility index (Phi) is 3.92. The van der Waals surface area contributed by atoms with Gasteiger partial charge in [-0.25, -0.2) is 4.98 Å². The molecule has 0 aliphatic heterocycles. The quantitative estimate of drug-likeness (QED) is 0.660. The molecule has 3 N–H and O–H groups in total. The van der Waals surface area contributed by atoms with Crippen LogP contribution in [-0.4, -0.2) is 18.1 Å². The molecule has 1 aromatic rings. The van der Waals surface area contributed by atoms with Crippen LogP contribution in [0.4, 0.5) is 0 Å².